The lowest BCUT2D eigenvalue weighted by molar-refractivity contribution is 0.101. The van der Waals surface area contributed by atoms with Crippen molar-refractivity contribution in [2.75, 3.05) is 26.3 Å². The number of carbonyl (C=O) groups is 1. The lowest BCUT2D eigenvalue weighted by atomic mass is 9.88. The first-order valence-electron chi connectivity index (χ1n) is 8.96. The molecule has 3 nitrogen and oxygen atoms in total. The van der Waals surface area contributed by atoms with Gasteiger partial charge in [-0.3, -0.25) is 4.79 Å². The number of hydrogen-bond acceptors (Lipinski definition) is 2. The van der Waals surface area contributed by atoms with E-state index in [9.17, 15) is 13.6 Å². The molecule has 2 aliphatic heterocycles. The Morgan fingerprint density at radius 2 is 1.81 bits per heavy atom. The molecular formula is C21H20F2N2O. The highest BCUT2D eigenvalue weighted by Crippen LogP contribution is 2.31. The Bertz CT molecular complexity index is 853. The number of amides is 1. The van der Waals surface area contributed by atoms with Crippen LogP contribution in [-0.2, 0) is 0 Å². The topological polar surface area (TPSA) is 32.7 Å². The highest BCUT2D eigenvalue weighted by atomic mass is 19.1. The summed E-state index contributed by atoms with van der Waals surface area (Å²) in [4.78, 5) is 17.6. The molecule has 0 aliphatic carbocycles. The maximum Gasteiger partial charge on any atom is 0.277 e. The average molecular weight is 354 g/mol. The summed E-state index contributed by atoms with van der Waals surface area (Å²) in [6.45, 7) is 2.09. The van der Waals surface area contributed by atoms with Crippen molar-refractivity contribution in [1.29, 1.82) is 0 Å². The predicted octanol–water partition coefficient (Wildman–Crippen LogP) is 4.21. The number of likely N-dealkylation sites (tertiary alicyclic amines) is 1. The van der Waals surface area contributed by atoms with Crippen molar-refractivity contribution in [3.63, 3.8) is 0 Å². The minimum atomic E-state index is -0.420. The summed E-state index contributed by atoms with van der Waals surface area (Å²) >= 11 is 0. The van der Waals surface area contributed by atoms with Gasteiger partial charge in [0.2, 0.25) is 0 Å². The van der Waals surface area contributed by atoms with Crippen LogP contribution in [0.25, 0.3) is 11.1 Å². The second kappa shape index (κ2) is 7.08. The molecule has 0 atom stereocenters. The van der Waals surface area contributed by atoms with Gasteiger partial charge in [0.25, 0.3) is 5.91 Å². The SMILES string of the molecule is O=C1N=Cc2c(F)cc(-c3ccc(C4CCN(CCF)CC4)cc3)cc21. The van der Waals surface area contributed by atoms with Gasteiger partial charge in [-0.15, -0.1) is 0 Å². The molecule has 0 bridgehead atoms. The first-order chi connectivity index (χ1) is 12.7. The van der Waals surface area contributed by atoms with E-state index in [-0.39, 0.29) is 12.2 Å². The molecule has 2 aliphatic rings. The van der Waals surface area contributed by atoms with Crippen LogP contribution in [0.5, 0.6) is 0 Å². The largest absolute Gasteiger partial charge is 0.301 e. The Balaban J connectivity index is 1.52. The summed E-state index contributed by atoms with van der Waals surface area (Å²) in [5.41, 5.74) is 3.42. The smallest absolute Gasteiger partial charge is 0.277 e. The number of rotatable bonds is 4. The monoisotopic (exact) mass is 354 g/mol. The zero-order valence-electron chi connectivity index (χ0n) is 14.4. The Labute approximate surface area is 151 Å². The molecule has 2 aromatic rings. The van der Waals surface area contributed by atoms with Gasteiger partial charge in [-0.1, -0.05) is 24.3 Å². The number of halogens is 2. The highest BCUT2D eigenvalue weighted by Gasteiger charge is 2.22. The molecule has 1 saturated heterocycles. The van der Waals surface area contributed by atoms with Crippen molar-refractivity contribution in [3.05, 3.63) is 58.9 Å². The predicted molar refractivity (Wildman–Crippen MR) is 98.2 cm³/mol. The Morgan fingerprint density at radius 1 is 1.08 bits per heavy atom. The zero-order chi connectivity index (χ0) is 18.1. The molecule has 1 amide bonds. The fourth-order valence-corrected chi connectivity index (χ4v) is 3.84. The van der Waals surface area contributed by atoms with Crippen LogP contribution in [0.2, 0.25) is 0 Å². The highest BCUT2D eigenvalue weighted by molar-refractivity contribution is 6.13. The first kappa shape index (κ1) is 17.0. The van der Waals surface area contributed by atoms with Crippen molar-refractivity contribution in [1.82, 2.24) is 4.90 Å². The van der Waals surface area contributed by atoms with Gasteiger partial charge in [0.1, 0.15) is 12.5 Å². The van der Waals surface area contributed by atoms with Crippen LogP contribution in [-0.4, -0.2) is 43.3 Å². The second-order valence-electron chi connectivity index (χ2n) is 6.91. The summed E-state index contributed by atoms with van der Waals surface area (Å²) in [6.07, 6.45) is 3.34. The van der Waals surface area contributed by atoms with Gasteiger partial charge >= 0.3 is 0 Å². The van der Waals surface area contributed by atoms with Crippen molar-refractivity contribution in [3.8, 4) is 11.1 Å². The molecule has 134 valence electrons. The minimum Gasteiger partial charge on any atom is -0.301 e. The molecule has 0 unspecified atom stereocenters. The number of alkyl halides is 1. The third-order valence-corrected chi connectivity index (χ3v) is 5.37. The molecule has 4 rings (SSSR count). The average Bonchev–Trinajstić information content (AvgIpc) is 3.04. The molecule has 2 heterocycles. The number of carbonyl (C=O) groups excluding carboxylic acids is 1. The molecule has 26 heavy (non-hydrogen) atoms. The van der Waals surface area contributed by atoms with Crippen LogP contribution >= 0.6 is 0 Å². The first-order valence-corrected chi connectivity index (χ1v) is 8.96. The molecule has 0 spiro atoms. The van der Waals surface area contributed by atoms with E-state index in [1.807, 2.05) is 12.1 Å². The summed E-state index contributed by atoms with van der Waals surface area (Å²) in [5, 5.41) is 0. The van der Waals surface area contributed by atoms with E-state index < -0.39 is 11.7 Å². The second-order valence-corrected chi connectivity index (χ2v) is 6.91. The Hall–Kier alpha value is -2.40. The quantitative estimate of drug-likeness (QED) is 0.824. The van der Waals surface area contributed by atoms with E-state index in [0.717, 1.165) is 31.5 Å². The van der Waals surface area contributed by atoms with Crippen LogP contribution < -0.4 is 0 Å². The fourth-order valence-electron chi connectivity index (χ4n) is 3.84. The van der Waals surface area contributed by atoms with E-state index in [1.165, 1.54) is 17.8 Å². The summed E-state index contributed by atoms with van der Waals surface area (Å²) in [7, 11) is 0. The number of fused-ring (bicyclic) bond motifs is 1. The normalized spacial score (nSPS) is 17.7. The molecule has 5 heteroatoms. The van der Waals surface area contributed by atoms with Gasteiger partial charge in [-0.2, -0.15) is 0 Å². The lowest BCUT2D eigenvalue weighted by Crippen LogP contribution is -2.34. The maximum absolute atomic E-state index is 14.2. The molecule has 0 aromatic heterocycles. The molecule has 2 aromatic carbocycles. The summed E-state index contributed by atoms with van der Waals surface area (Å²) in [5.74, 6) is -0.333. The van der Waals surface area contributed by atoms with Crippen molar-refractivity contribution >= 4 is 12.1 Å². The number of nitrogens with zero attached hydrogens (tertiary/aromatic N) is 2. The number of piperidine rings is 1. The van der Waals surface area contributed by atoms with Crippen LogP contribution in [0, 0.1) is 5.82 Å². The van der Waals surface area contributed by atoms with E-state index in [2.05, 4.69) is 22.0 Å². The Kier molecular flexibility index (Phi) is 4.64. The fraction of sp³-hybridized carbons (Fsp3) is 0.333. The number of hydrogen-bond donors (Lipinski definition) is 0. The third-order valence-electron chi connectivity index (χ3n) is 5.37. The van der Waals surface area contributed by atoms with Gasteiger partial charge in [0.05, 0.1) is 5.56 Å². The maximum atomic E-state index is 14.2. The standard InChI is InChI=1S/C21H20F2N2O/c22-7-10-25-8-5-16(6-9-25)14-1-3-15(4-2-14)17-11-18-19(20(23)12-17)13-24-21(18)26/h1-4,11-13,16H,5-10H2. The van der Waals surface area contributed by atoms with Crippen molar-refractivity contribution in [2.24, 2.45) is 4.99 Å². The van der Waals surface area contributed by atoms with Gasteiger partial charge < -0.3 is 4.90 Å². The van der Waals surface area contributed by atoms with Gasteiger partial charge in [-0.25, -0.2) is 13.8 Å². The van der Waals surface area contributed by atoms with E-state index in [4.69, 9.17) is 0 Å². The van der Waals surface area contributed by atoms with Crippen LogP contribution in [0.1, 0.15) is 40.2 Å². The lowest BCUT2D eigenvalue weighted by Gasteiger charge is -2.31. The van der Waals surface area contributed by atoms with Gasteiger partial charge in [-0.05, 0) is 60.7 Å². The van der Waals surface area contributed by atoms with Crippen LogP contribution in [0.4, 0.5) is 8.78 Å². The van der Waals surface area contributed by atoms with Crippen molar-refractivity contribution in [2.45, 2.75) is 18.8 Å². The molecule has 0 N–H and O–H groups in total. The van der Waals surface area contributed by atoms with E-state index >= 15 is 0 Å². The molecular weight excluding hydrogens is 334 g/mol. The molecule has 1 fully saturated rings. The van der Waals surface area contributed by atoms with Gasteiger partial charge in [0.15, 0.2) is 0 Å². The number of aliphatic imine (C=N–C) groups is 1. The van der Waals surface area contributed by atoms with E-state index in [1.54, 1.807) is 6.07 Å². The van der Waals surface area contributed by atoms with Crippen LogP contribution in [0.15, 0.2) is 41.4 Å². The summed E-state index contributed by atoms with van der Waals surface area (Å²) in [6, 6.07) is 11.3. The minimum absolute atomic E-state index is 0.274. The van der Waals surface area contributed by atoms with Crippen molar-refractivity contribution < 1.29 is 13.6 Å². The van der Waals surface area contributed by atoms with Gasteiger partial charge in [0, 0.05) is 18.3 Å². The zero-order valence-corrected chi connectivity index (χ0v) is 14.4. The van der Waals surface area contributed by atoms with E-state index in [0.29, 0.717) is 23.6 Å². The molecule has 0 saturated carbocycles. The Morgan fingerprint density at radius 3 is 2.50 bits per heavy atom. The van der Waals surface area contributed by atoms with Crippen LogP contribution in [0.3, 0.4) is 0 Å². The number of benzene rings is 2. The molecule has 0 radical (unpaired) electrons. The summed E-state index contributed by atoms with van der Waals surface area (Å²) < 4.78 is 26.6. The third kappa shape index (κ3) is 3.19.